The Balaban J connectivity index is 1.78. The number of carbonyl (C=O) groups is 1. The van der Waals surface area contributed by atoms with Crippen LogP contribution in [0.25, 0.3) is 0 Å². The van der Waals surface area contributed by atoms with Gasteiger partial charge in [0.1, 0.15) is 6.61 Å². The Kier molecular flexibility index (Phi) is 2.51. The van der Waals surface area contributed by atoms with Crippen molar-refractivity contribution in [3.05, 3.63) is 0 Å². The van der Waals surface area contributed by atoms with E-state index >= 15 is 0 Å². The van der Waals surface area contributed by atoms with E-state index in [4.69, 9.17) is 9.84 Å². The zero-order chi connectivity index (χ0) is 9.26. The first-order valence-electron chi connectivity index (χ1n) is 4.83. The summed E-state index contributed by atoms with van der Waals surface area (Å²) in [5, 5.41) is 11.9. The van der Waals surface area contributed by atoms with E-state index in [0.717, 1.165) is 12.8 Å². The number of rotatable bonds is 3. The van der Waals surface area contributed by atoms with Crippen LogP contribution in [0.1, 0.15) is 25.7 Å². The monoisotopic (exact) mass is 185 g/mol. The topological polar surface area (TPSA) is 58.6 Å². The first-order chi connectivity index (χ1) is 6.24. The molecule has 0 saturated carbocycles. The molecular weight excluding hydrogens is 170 g/mol. The van der Waals surface area contributed by atoms with Crippen LogP contribution in [0.5, 0.6) is 0 Å². The standard InChI is InChI=1S/C9H15NO3/c11-9(12)5-13-8-3-6-1-2-7(4-8)10-6/h6-8,10H,1-5H2,(H,11,12)/t6-,7+,8?. The van der Waals surface area contributed by atoms with Gasteiger partial charge in [0, 0.05) is 12.1 Å². The number of carboxylic acids is 1. The van der Waals surface area contributed by atoms with Crippen molar-refractivity contribution in [2.45, 2.75) is 43.9 Å². The maximum absolute atomic E-state index is 10.3. The maximum atomic E-state index is 10.3. The molecule has 2 aliphatic rings. The second-order valence-electron chi connectivity index (χ2n) is 3.94. The second-order valence-corrected chi connectivity index (χ2v) is 3.94. The van der Waals surface area contributed by atoms with Crippen LogP contribution in [0.15, 0.2) is 0 Å². The van der Waals surface area contributed by atoms with Crippen LogP contribution >= 0.6 is 0 Å². The largest absolute Gasteiger partial charge is 0.480 e. The molecule has 2 aliphatic heterocycles. The number of hydrogen-bond acceptors (Lipinski definition) is 3. The molecule has 0 radical (unpaired) electrons. The van der Waals surface area contributed by atoms with E-state index in [1.165, 1.54) is 12.8 Å². The molecule has 0 aromatic rings. The third-order valence-corrected chi connectivity index (χ3v) is 2.87. The van der Waals surface area contributed by atoms with Gasteiger partial charge in [0.15, 0.2) is 0 Å². The summed E-state index contributed by atoms with van der Waals surface area (Å²) in [5.41, 5.74) is 0. The van der Waals surface area contributed by atoms with E-state index in [-0.39, 0.29) is 12.7 Å². The minimum Gasteiger partial charge on any atom is -0.480 e. The van der Waals surface area contributed by atoms with Crippen molar-refractivity contribution in [3.8, 4) is 0 Å². The van der Waals surface area contributed by atoms with Gasteiger partial charge in [-0.05, 0) is 25.7 Å². The SMILES string of the molecule is O=C(O)COC1C[C@H]2CC[C@@H](C1)N2. The van der Waals surface area contributed by atoms with Gasteiger partial charge in [-0.15, -0.1) is 0 Å². The Bertz CT molecular complexity index is 195. The van der Waals surface area contributed by atoms with Gasteiger partial charge in [0.2, 0.25) is 0 Å². The fourth-order valence-corrected chi connectivity index (χ4v) is 2.33. The average Bonchev–Trinajstić information content (AvgIpc) is 2.42. The summed E-state index contributed by atoms with van der Waals surface area (Å²) in [4.78, 5) is 10.3. The molecular formula is C9H15NO3. The molecule has 74 valence electrons. The highest BCUT2D eigenvalue weighted by molar-refractivity contribution is 5.68. The lowest BCUT2D eigenvalue weighted by atomic mass is 10.0. The second kappa shape index (κ2) is 3.64. The quantitative estimate of drug-likeness (QED) is 0.667. The molecule has 2 N–H and O–H groups in total. The predicted molar refractivity (Wildman–Crippen MR) is 46.6 cm³/mol. The van der Waals surface area contributed by atoms with Crippen LogP contribution < -0.4 is 5.32 Å². The number of piperidine rings is 1. The summed E-state index contributed by atoms with van der Waals surface area (Å²) in [5.74, 6) is -0.870. The summed E-state index contributed by atoms with van der Waals surface area (Å²) >= 11 is 0. The van der Waals surface area contributed by atoms with Crippen LogP contribution in [0.4, 0.5) is 0 Å². The van der Waals surface area contributed by atoms with Crippen molar-refractivity contribution in [3.63, 3.8) is 0 Å². The number of aliphatic carboxylic acids is 1. The molecule has 13 heavy (non-hydrogen) atoms. The van der Waals surface area contributed by atoms with Crippen molar-refractivity contribution in [2.24, 2.45) is 0 Å². The molecule has 0 amide bonds. The van der Waals surface area contributed by atoms with Gasteiger partial charge >= 0.3 is 5.97 Å². The molecule has 2 rings (SSSR count). The van der Waals surface area contributed by atoms with Crippen LogP contribution in [-0.4, -0.2) is 35.9 Å². The van der Waals surface area contributed by atoms with Crippen molar-refractivity contribution >= 4 is 5.97 Å². The highest BCUT2D eigenvalue weighted by atomic mass is 16.5. The fraction of sp³-hybridized carbons (Fsp3) is 0.889. The van der Waals surface area contributed by atoms with E-state index in [0.29, 0.717) is 12.1 Å². The lowest BCUT2D eigenvalue weighted by Gasteiger charge is -2.28. The van der Waals surface area contributed by atoms with Gasteiger partial charge in [-0.3, -0.25) is 0 Å². The third-order valence-electron chi connectivity index (χ3n) is 2.87. The fourth-order valence-electron chi connectivity index (χ4n) is 2.33. The van der Waals surface area contributed by atoms with Gasteiger partial charge in [-0.2, -0.15) is 0 Å². The summed E-state index contributed by atoms with van der Waals surface area (Å²) in [6.07, 6.45) is 4.55. The number of carboxylic acid groups (broad SMARTS) is 1. The Labute approximate surface area is 77.3 Å². The molecule has 2 heterocycles. The van der Waals surface area contributed by atoms with Crippen LogP contribution in [0.3, 0.4) is 0 Å². The minimum atomic E-state index is -0.870. The lowest BCUT2D eigenvalue weighted by molar-refractivity contribution is -0.145. The van der Waals surface area contributed by atoms with E-state index in [9.17, 15) is 4.79 Å². The lowest BCUT2D eigenvalue weighted by Crippen LogP contribution is -2.41. The van der Waals surface area contributed by atoms with E-state index < -0.39 is 5.97 Å². The normalized spacial score (nSPS) is 37.7. The van der Waals surface area contributed by atoms with Crippen molar-refractivity contribution in [2.75, 3.05) is 6.61 Å². The number of ether oxygens (including phenoxy) is 1. The molecule has 1 unspecified atom stereocenters. The van der Waals surface area contributed by atoms with Gasteiger partial charge in [-0.1, -0.05) is 0 Å². The number of nitrogens with one attached hydrogen (secondary N) is 1. The first-order valence-corrected chi connectivity index (χ1v) is 4.83. The first kappa shape index (κ1) is 8.97. The minimum absolute atomic E-state index is 0.149. The molecule has 2 bridgehead atoms. The van der Waals surface area contributed by atoms with Crippen LogP contribution in [0, 0.1) is 0 Å². The maximum Gasteiger partial charge on any atom is 0.329 e. The summed E-state index contributed by atoms with van der Waals surface area (Å²) in [7, 11) is 0. The molecule has 2 saturated heterocycles. The van der Waals surface area contributed by atoms with Crippen molar-refractivity contribution in [1.29, 1.82) is 0 Å². The van der Waals surface area contributed by atoms with Gasteiger partial charge in [-0.25, -0.2) is 4.79 Å². The molecule has 0 spiro atoms. The highest BCUT2D eigenvalue weighted by Crippen LogP contribution is 2.28. The predicted octanol–water partition coefficient (Wildman–Crippen LogP) is 0.371. The van der Waals surface area contributed by atoms with Crippen molar-refractivity contribution < 1.29 is 14.6 Å². The Morgan fingerprint density at radius 1 is 1.38 bits per heavy atom. The van der Waals surface area contributed by atoms with Crippen LogP contribution in [0.2, 0.25) is 0 Å². The zero-order valence-electron chi connectivity index (χ0n) is 7.53. The van der Waals surface area contributed by atoms with E-state index in [1.54, 1.807) is 0 Å². The van der Waals surface area contributed by atoms with Gasteiger partial charge in [0.05, 0.1) is 6.10 Å². The summed E-state index contributed by atoms with van der Waals surface area (Å²) < 4.78 is 5.29. The molecule has 4 nitrogen and oxygen atoms in total. The molecule has 2 fully saturated rings. The Morgan fingerprint density at radius 3 is 2.54 bits per heavy atom. The van der Waals surface area contributed by atoms with E-state index in [1.807, 2.05) is 0 Å². The van der Waals surface area contributed by atoms with E-state index in [2.05, 4.69) is 5.32 Å². The average molecular weight is 185 g/mol. The number of fused-ring (bicyclic) bond motifs is 2. The van der Waals surface area contributed by atoms with Gasteiger partial charge < -0.3 is 15.2 Å². The van der Waals surface area contributed by atoms with Crippen molar-refractivity contribution in [1.82, 2.24) is 5.32 Å². The number of hydrogen-bond donors (Lipinski definition) is 2. The molecule has 3 atom stereocenters. The molecule has 0 aromatic heterocycles. The Morgan fingerprint density at radius 2 is 2.00 bits per heavy atom. The molecule has 4 heteroatoms. The highest BCUT2D eigenvalue weighted by Gasteiger charge is 2.33. The Hall–Kier alpha value is -0.610. The third kappa shape index (κ3) is 2.19. The smallest absolute Gasteiger partial charge is 0.329 e. The molecule has 0 aliphatic carbocycles. The summed E-state index contributed by atoms with van der Waals surface area (Å²) in [6, 6.07) is 1.13. The van der Waals surface area contributed by atoms with Crippen LogP contribution in [-0.2, 0) is 9.53 Å². The molecule has 0 aromatic carbocycles. The zero-order valence-corrected chi connectivity index (χ0v) is 7.53. The van der Waals surface area contributed by atoms with Gasteiger partial charge in [0.25, 0.3) is 0 Å². The summed E-state index contributed by atoms with van der Waals surface area (Å²) in [6.45, 7) is -0.149.